The first kappa shape index (κ1) is 14.8. The van der Waals surface area contributed by atoms with Crippen molar-refractivity contribution in [3.8, 4) is 5.75 Å². The monoisotopic (exact) mass is 289 g/mol. The zero-order chi connectivity index (χ0) is 15.4. The van der Waals surface area contributed by atoms with E-state index in [1.54, 1.807) is 38.2 Å². The van der Waals surface area contributed by atoms with Crippen LogP contribution in [0.1, 0.15) is 17.3 Å². The van der Waals surface area contributed by atoms with E-state index in [4.69, 9.17) is 9.47 Å². The lowest BCUT2D eigenvalue weighted by Gasteiger charge is -2.19. The van der Waals surface area contributed by atoms with E-state index in [-0.39, 0.29) is 24.5 Å². The topological polar surface area (TPSA) is 72.9 Å². The van der Waals surface area contributed by atoms with Crippen LogP contribution in [0.3, 0.4) is 0 Å². The molecule has 0 amide bonds. The molecule has 0 fully saturated rings. The van der Waals surface area contributed by atoms with Crippen LogP contribution >= 0.6 is 0 Å². The van der Waals surface area contributed by atoms with Gasteiger partial charge in [0, 0.05) is 13.2 Å². The van der Waals surface area contributed by atoms with Crippen molar-refractivity contribution in [3.63, 3.8) is 0 Å². The fourth-order valence-corrected chi connectivity index (χ4v) is 1.92. The molecule has 0 aromatic heterocycles. The van der Waals surface area contributed by atoms with E-state index in [9.17, 15) is 14.4 Å². The van der Waals surface area contributed by atoms with Crippen LogP contribution < -0.4 is 4.74 Å². The third-order valence-electron chi connectivity index (χ3n) is 2.83. The number of ketones is 1. The van der Waals surface area contributed by atoms with Crippen molar-refractivity contribution in [3.05, 3.63) is 41.6 Å². The molecule has 1 aliphatic heterocycles. The highest BCUT2D eigenvalue weighted by molar-refractivity contribution is 6.27. The lowest BCUT2D eigenvalue weighted by Crippen LogP contribution is -2.29. The molecule has 0 aliphatic carbocycles. The van der Waals surface area contributed by atoms with Crippen LogP contribution in [0, 0.1) is 0 Å². The van der Waals surface area contributed by atoms with E-state index in [1.165, 1.54) is 11.1 Å². The predicted molar refractivity (Wildman–Crippen MR) is 73.8 cm³/mol. The van der Waals surface area contributed by atoms with E-state index < -0.39 is 17.7 Å². The molecule has 0 saturated heterocycles. The lowest BCUT2D eigenvalue weighted by molar-refractivity contribution is -0.143. The number of para-hydroxylation sites is 1. The molecule has 0 radical (unpaired) electrons. The third kappa shape index (κ3) is 3.28. The molecular formula is C15H15NO5. The van der Waals surface area contributed by atoms with Crippen molar-refractivity contribution in [2.45, 2.75) is 6.92 Å². The maximum absolute atomic E-state index is 12.3. The van der Waals surface area contributed by atoms with Gasteiger partial charge in [-0.2, -0.15) is 0 Å². The zero-order valence-corrected chi connectivity index (χ0v) is 11.8. The van der Waals surface area contributed by atoms with Crippen LogP contribution in [0.2, 0.25) is 0 Å². The van der Waals surface area contributed by atoms with Crippen LogP contribution in [-0.4, -0.2) is 42.8 Å². The molecule has 0 unspecified atom stereocenters. The van der Waals surface area contributed by atoms with Crippen molar-refractivity contribution in [2.24, 2.45) is 0 Å². The molecule has 21 heavy (non-hydrogen) atoms. The van der Waals surface area contributed by atoms with Gasteiger partial charge >= 0.3 is 11.9 Å². The summed E-state index contributed by atoms with van der Waals surface area (Å²) in [4.78, 5) is 36.9. The lowest BCUT2D eigenvalue weighted by atomic mass is 10.0. The van der Waals surface area contributed by atoms with Gasteiger partial charge in [0.2, 0.25) is 5.78 Å². The quantitative estimate of drug-likeness (QED) is 0.358. The molecule has 1 aromatic rings. The average molecular weight is 289 g/mol. The Bertz CT molecular complexity index is 620. The van der Waals surface area contributed by atoms with E-state index >= 15 is 0 Å². The zero-order valence-electron chi connectivity index (χ0n) is 11.8. The fourth-order valence-electron chi connectivity index (χ4n) is 1.92. The highest BCUT2D eigenvalue weighted by atomic mass is 16.5. The third-order valence-corrected chi connectivity index (χ3v) is 2.83. The van der Waals surface area contributed by atoms with Gasteiger partial charge in [-0.3, -0.25) is 9.59 Å². The first-order valence-corrected chi connectivity index (χ1v) is 6.46. The second kappa shape index (κ2) is 6.21. The first-order chi connectivity index (χ1) is 10.0. The van der Waals surface area contributed by atoms with Gasteiger partial charge in [-0.1, -0.05) is 12.1 Å². The maximum Gasteiger partial charge on any atom is 0.349 e. The van der Waals surface area contributed by atoms with Gasteiger partial charge in [-0.15, -0.1) is 0 Å². The number of likely N-dealkylation sites (N-methyl/N-ethyl adjacent to an activating group) is 1. The summed E-state index contributed by atoms with van der Waals surface area (Å²) in [7, 11) is 1.57. The predicted octanol–water partition coefficient (Wildman–Crippen LogP) is 1.17. The minimum atomic E-state index is -0.727. The summed E-state index contributed by atoms with van der Waals surface area (Å²) in [5, 5.41) is 0. The normalized spacial score (nSPS) is 15.4. The second-order valence-electron chi connectivity index (χ2n) is 4.48. The number of rotatable bonds is 4. The van der Waals surface area contributed by atoms with Crippen LogP contribution in [0.5, 0.6) is 5.75 Å². The van der Waals surface area contributed by atoms with E-state index in [0.717, 1.165) is 0 Å². The molecule has 1 aromatic carbocycles. The Morgan fingerprint density at radius 2 is 2.05 bits per heavy atom. The van der Waals surface area contributed by atoms with Gasteiger partial charge in [0.1, 0.15) is 17.9 Å². The molecule has 0 bridgehead atoms. The number of fused-ring (bicyclic) bond motifs is 1. The van der Waals surface area contributed by atoms with E-state index in [1.807, 2.05) is 0 Å². The highest BCUT2D eigenvalue weighted by Gasteiger charge is 2.30. The molecule has 0 atom stereocenters. The van der Waals surface area contributed by atoms with Gasteiger partial charge < -0.3 is 14.4 Å². The standard InChI is InChI=1S/C15H15NO5/c1-3-20-13(17)9-16(2)8-11-14(18)10-6-4-5-7-12(10)21-15(11)19/h4-8H,3,9H2,1-2H3/b11-8-. The number of Topliss-reactive ketones (excluding diaryl/α,β-unsaturated/α-hetero) is 1. The molecular weight excluding hydrogens is 274 g/mol. The number of ether oxygens (including phenoxy) is 2. The molecule has 6 nitrogen and oxygen atoms in total. The van der Waals surface area contributed by atoms with Crippen molar-refractivity contribution in [1.29, 1.82) is 0 Å². The Balaban J connectivity index is 2.20. The minimum Gasteiger partial charge on any atom is -0.465 e. The van der Waals surface area contributed by atoms with E-state index in [0.29, 0.717) is 5.56 Å². The van der Waals surface area contributed by atoms with Gasteiger partial charge in [0.15, 0.2) is 0 Å². The van der Waals surface area contributed by atoms with Crippen LogP contribution in [0.25, 0.3) is 0 Å². The Morgan fingerprint density at radius 3 is 2.76 bits per heavy atom. The van der Waals surface area contributed by atoms with Gasteiger partial charge in [0.05, 0.1) is 12.2 Å². The molecule has 6 heteroatoms. The smallest absolute Gasteiger partial charge is 0.349 e. The molecule has 0 N–H and O–H groups in total. The number of hydrogen-bond acceptors (Lipinski definition) is 6. The van der Waals surface area contributed by atoms with Crippen LogP contribution in [0.15, 0.2) is 36.0 Å². The summed E-state index contributed by atoms with van der Waals surface area (Å²) in [6, 6.07) is 6.52. The van der Waals surface area contributed by atoms with Gasteiger partial charge in [-0.25, -0.2) is 4.79 Å². The Kier molecular flexibility index (Phi) is 4.37. The number of esters is 2. The molecule has 1 aliphatic rings. The van der Waals surface area contributed by atoms with Crippen molar-refractivity contribution in [1.82, 2.24) is 4.90 Å². The molecule has 110 valence electrons. The summed E-state index contributed by atoms with van der Waals surface area (Å²) < 4.78 is 9.90. The van der Waals surface area contributed by atoms with Crippen molar-refractivity contribution in [2.75, 3.05) is 20.2 Å². The first-order valence-electron chi connectivity index (χ1n) is 6.46. The number of hydrogen-bond donors (Lipinski definition) is 0. The Hall–Kier alpha value is -2.63. The van der Waals surface area contributed by atoms with Crippen LogP contribution in [0.4, 0.5) is 0 Å². The SMILES string of the molecule is CCOC(=O)CN(C)/C=C1\C(=O)Oc2ccccc2C1=O. The second-order valence-corrected chi connectivity index (χ2v) is 4.48. The molecule has 1 heterocycles. The van der Waals surface area contributed by atoms with Gasteiger partial charge in [-0.05, 0) is 19.1 Å². The summed E-state index contributed by atoms with van der Waals surface area (Å²) in [6.45, 7) is 1.92. The Morgan fingerprint density at radius 1 is 1.33 bits per heavy atom. The van der Waals surface area contributed by atoms with Crippen molar-refractivity contribution >= 4 is 17.7 Å². The van der Waals surface area contributed by atoms with Gasteiger partial charge in [0.25, 0.3) is 0 Å². The summed E-state index contributed by atoms with van der Waals surface area (Å²) in [5.74, 6) is -1.33. The molecule has 0 saturated carbocycles. The van der Waals surface area contributed by atoms with E-state index in [2.05, 4.69) is 0 Å². The molecule has 0 spiro atoms. The summed E-state index contributed by atoms with van der Waals surface area (Å²) in [5.41, 5.74) is 0.216. The highest BCUT2D eigenvalue weighted by Crippen LogP contribution is 2.27. The fraction of sp³-hybridized carbons (Fsp3) is 0.267. The molecule has 2 rings (SSSR count). The number of carbonyl (C=O) groups is 3. The average Bonchev–Trinajstić information content (AvgIpc) is 2.43. The number of carbonyl (C=O) groups excluding carboxylic acids is 3. The summed E-state index contributed by atoms with van der Waals surface area (Å²) in [6.07, 6.45) is 1.30. The number of nitrogens with zero attached hydrogens (tertiary/aromatic N) is 1. The van der Waals surface area contributed by atoms with Crippen molar-refractivity contribution < 1.29 is 23.9 Å². The maximum atomic E-state index is 12.3. The minimum absolute atomic E-state index is 0.0560. The number of benzene rings is 1. The Labute approximate surface area is 121 Å². The van der Waals surface area contributed by atoms with Crippen LogP contribution in [-0.2, 0) is 14.3 Å². The largest absolute Gasteiger partial charge is 0.465 e. The summed E-state index contributed by atoms with van der Waals surface area (Å²) >= 11 is 0.